The molecular weight excluding hydrogens is 224 g/mol. The third-order valence-electron chi connectivity index (χ3n) is 2.96. The van der Waals surface area contributed by atoms with E-state index in [4.69, 9.17) is 0 Å². The van der Waals surface area contributed by atoms with Crippen LogP contribution in [0.2, 0.25) is 0 Å². The summed E-state index contributed by atoms with van der Waals surface area (Å²) in [6, 6.07) is 4.60. The third-order valence-corrected chi connectivity index (χ3v) is 2.96. The SMILES string of the molecule is Cc1ccc(N(C)[C@H]2CCCNC2)nn1.Cl. The molecule has 1 aromatic heterocycles. The monoisotopic (exact) mass is 242 g/mol. The minimum Gasteiger partial charge on any atom is -0.354 e. The molecule has 2 heterocycles. The van der Waals surface area contributed by atoms with Crippen molar-refractivity contribution < 1.29 is 0 Å². The largest absolute Gasteiger partial charge is 0.354 e. The Kier molecular flexibility index (Phi) is 4.96. The summed E-state index contributed by atoms with van der Waals surface area (Å²) in [7, 11) is 2.09. The number of hydrogen-bond acceptors (Lipinski definition) is 4. The molecule has 90 valence electrons. The summed E-state index contributed by atoms with van der Waals surface area (Å²) in [5, 5.41) is 11.7. The Hall–Kier alpha value is -0.870. The zero-order valence-corrected chi connectivity index (χ0v) is 10.6. The van der Waals surface area contributed by atoms with Crippen LogP contribution in [-0.4, -0.2) is 36.4 Å². The number of rotatable bonds is 2. The van der Waals surface area contributed by atoms with Gasteiger partial charge in [0.2, 0.25) is 0 Å². The Balaban J connectivity index is 0.00000128. The zero-order valence-electron chi connectivity index (χ0n) is 9.81. The highest BCUT2D eigenvalue weighted by molar-refractivity contribution is 5.85. The molecule has 5 heteroatoms. The quantitative estimate of drug-likeness (QED) is 0.851. The number of piperidine rings is 1. The number of likely N-dealkylation sites (N-methyl/N-ethyl adjacent to an activating group) is 1. The smallest absolute Gasteiger partial charge is 0.151 e. The van der Waals surface area contributed by atoms with E-state index in [0.717, 1.165) is 24.6 Å². The molecule has 1 fully saturated rings. The van der Waals surface area contributed by atoms with Crippen LogP contribution in [0.4, 0.5) is 5.82 Å². The number of aromatic nitrogens is 2. The van der Waals surface area contributed by atoms with Crippen LogP contribution in [0.3, 0.4) is 0 Å². The maximum atomic E-state index is 4.20. The lowest BCUT2D eigenvalue weighted by molar-refractivity contribution is 0.442. The van der Waals surface area contributed by atoms with Gasteiger partial charge in [-0.25, -0.2) is 0 Å². The van der Waals surface area contributed by atoms with E-state index in [1.54, 1.807) is 0 Å². The lowest BCUT2D eigenvalue weighted by Gasteiger charge is -2.32. The summed E-state index contributed by atoms with van der Waals surface area (Å²) >= 11 is 0. The van der Waals surface area contributed by atoms with Crippen molar-refractivity contribution in [1.82, 2.24) is 15.5 Å². The number of nitrogens with zero attached hydrogens (tertiary/aromatic N) is 3. The van der Waals surface area contributed by atoms with Gasteiger partial charge in [0.05, 0.1) is 5.69 Å². The van der Waals surface area contributed by atoms with Crippen molar-refractivity contribution in [2.75, 3.05) is 25.0 Å². The second-order valence-electron chi connectivity index (χ2n) is 4.14. The van der Waals surface area contributed by atoms with E-state index in [0.29, 0.717) is 6.04 Å². The Morgan fingerprint density at radius 2 is 2.19 bits per heavy atom. The van der Waals surface area contributed by atoms with Crippen molar-refractivity contribution in [2.45, 2.75) is 25.8 Å². The Bertz CT molecular complexity index is 308. The van der Waals surface area contributed by atoms with Crippen LogP contribution in [0, 0.1) is 6.92 Å². The van der Waals surface area contributed by atoms with Gasteiger partial charge in [-0.05, 0) is 38.4 Å². The fraction of sp³-hybridized carbons (Fsp3) is 0.636. The summed E-state index contributed by atoms with van der Waals surface area (Å²) in [4.78, 5) is 2.22. The number of anilines is 1. The van der Waals surface area contributed by atoms with E-state index in [9.17, 15) is 0 Å². The summed E-state index contributed by atoms with van der Waals surface area (Å²) in [6.07, 6.45) is 2.48. The van der Waals surface area contributed by atoms with Gasteiger partial charge in [0, 0.05) is 19.6 Å². The van der Waals surface area contributed by atoms with Crippen LogP contribution in [0.1, 0.15) is 18.5 Å². The lowest BCUT2D eigenvalue weighted by Crippen LogP contribution is -2.44. The number of nitrogens with one attached hydrogen (secondary N) is 1. The summed E-state index contributed by atoms with van der Waals surface area (Å²) in [5.41, 5.74) is 0.967. The summed E-state index contributed by atoms with van der Waals surface area (Å²) < 4.78 is 0. The molecule has 0 bridgehead atoms. The van der Waals surface area contributed by atoms with Gasteiger partial charge in [0.25, 0.3) is 0 Å². The van der Waals surface area contributed by atoms with Gasteiger partial charge in [0.1, 0.15) is 0 Å². The van der Waals surface area contributed by atoms with Crippen LogP contribution in [-0.2, 0) is 0 Å². The molecular formula is C11H19ClN4. The molecule has 0 radical (unpaired) electrons. The first-order valence-electron chi connectivity index (χ1n) is 5.51. The molecule has 1 aliphatic heterocycles. The van der Waals surface area contributed by atoms with E-state index in [2.05, 4.69) is 27.5 Å². The average Bonchev–Trinajstić information content (AvgIpc) is 2.30. The van der Waals surface area contributed by atoms with Crippen molar-refractivity contribution in [3.63, 3.8) is 0 Å². The van der Waals surface area contributed by atoms with Crippen LogP contribution in [0.5, 0.6) is 0 Å². The van der Waals surface area contributed by atoms with Gasteiger partial charge in [-0.2, -0.15) is 5.10 Å². The zero-order chi connectivity index (χ0) is 10.7. The first kappa shape index (κ1) is 13.2. The Morgan fingerprint density at radius 1 is 1.38 bits per heavy atom. The number of hydrogen-bond donors (Lipinski definition) is 1. The molecule has 2 rings (SSSR count). The molecule has 1 N–H and O–H groups in total. The highest BCUT2D eigenvalue weighted by Crippen LogP contribution is 2.15. The topological polar surface area (TPSA) is 41.0 Å². The van der Waals surface area contributed by atoms with Gasteiger partial charge >= 0.3 is 0 Å². The molecule has 0 saturated carbocycles. The fourth-order valence-corrected chi connectivity index (χ4v) is 1.93. The van der Waals surface area contributed by atoms with Crippen LogP contribution in [0.15, 0.2) is 12.1 Å². The molecule has 1 aliphatic rings. The van der Waals surface area contributed by atoms with Gasteiger partial charge in [0.15, 0.2) is 5.82 Å². The van der Waals surface area contributed by atoms with Crippen molar-refractivity contribution in [3.8, 4) is 0 Å². The van der Waals surface area contributed by atoms with E-state index in [1.807, 2.05) is 19.1 Å². The molecule has 1 atom stereocenters. The van der Waals surface area contributed by atoms with E-state index in [1.165, 1.54) is 12.8 Å². The molecule has 0 unspecified atom stereocenters. The second-order valence-corrected chi connectivity index (χ2v) is 4.14. The molecule has 1 saturated heterocycles. The van der Waals surface area contributed by atoms with E-state index in [-0.39, 0.29) is 12.4 Å². The maximum Gasteiger partial charge on any atom is 0.151 e. The molecule has 4 nitrogen and oxygen atoms in total. The lowest BCUT2D eigenvalue weighted by atomic mass is 10.1. The van der Waals surface area contributed by atoms with Crippen LogP contribution < -0.4 is 10.2 Å². The summed E-state index contributed by atoms with van der Waals surface area (Å²) in [5.74, 6) is 0.967. The Morgan fingerprint density at radius 3 is 2.75 bits per heavy atom. The highest BCUT2D eigenvalue weighted by Gasteiger charge is 2.18. The van der Waals surface area contributed by atoms with Gasteiger partial charge < -0.3 is 10.2 Å². The summed E-state index contributed by atoms with van der Waals surface area (Å²) in [6.45, 7) is 4.15. The van der Waals surface area contributed by atoms with Crippen molar-refractivity contribution in [1.29, 1.82) is 0 Å². The third kappa shape index (κ3) is 3.06. The van der Waals surface area contributed by atoms with Crippen molar-refractivity contribution in [3.05, 3.63) is 17.8 Å². The standard InChI is InChI=1S/C11H18N4.ClH/c1-9-5-6-11(14-13-9)15(2)10-4-3-7-12-8-10;/h5-6,10,12H,3-4,7-8H2,1-2H3;1H/t10-;/m0./s1. The first-order valence-corrected chi connectivity index (χ1v) is 5.51. The van der Waals surface area contributed by atoms with Gasteiger partial charge in [-0.1, -0.05) is 0 Å². The number of halogens is 1. The van der Waals surface area contributed by atoms with Crippen molar-refractivity contribution >= 4 is 18.2 Å². The number of aryl methyl sites for hydroxylation is 1. The molecule has 0 aliphatic carbocycles. The molecule has 16 heavy (non-hydrogen) atoms. The van der Waals surface area contributed by atoms with Crippen LogP contribution >= 0.6 is 12.4 Å². The van der Waals surface area contributed by atoms with E-state index < -0.39 is 0 Å². The molecule has 0 amide bonds. The molecule has 0 aromatic carbocycles. The van der Waals surface area contributed by atoms with Crippen molar-refractivity contribution in [2.24, 2.45) is 0 Å². The molecule has 0 spiro atoms. The van der Waals surface area contributed by atoms with Crippen LogP contribution in [0.25, 0.3) is 0 Å². The van der Waals surface area contributed by atoms with E-state index >= 15 is 0 Å². The highest BCUT2D eigenvalue weighted by atomic mass is 35.5. The second kappa shape index (κ2) is 6.01. The average molecular weight is 243 g/mol. The minimum absolute atomic E-state index is 0. The molecule has 1 aromatic rings. The minimum atomic E-state index is 0. The first-order chi connectivity index (χ1) is 7.27. The van der Waals surface area contributed by atoms with Gasteiger partial charge in [-0.3, -0.25) is 0 Å². The predicted molar refractivity (Wildman–Crippen MR) is 68.3 cm³/mol. The maximum absolute atomic E-state index is 4.20. The predicted octanol–water partition coefficient (Wildman–Crippen LogP) is 1.40. The fourth-order valence-electron chi connectivity index (χ4n) is 1.93. The normalized spacial score (nSPS) is 20.0. The van der Waals surface area contributed by atoms with Gasteiger partial charge in [-0.15, -0.1) is 17.5 Å². The Labute approximate surface area is 103 Å².